The molecule has 7 heteroatoms. The molecule has 0 spiro atoms. The van der Waals surface area contributed by atoms with Gasteiger partial charge in [-0.2, -0.15) is 0 Å². The summed E-state index contributed by atoms with van der Waals surface area (Å²) in [5.41, 5.74) is -0.00561. The molecule has 0 aliphatic rings. The van der Waals surface area contributed by atoms with Gasteiger partial charge in [0.2, 0.25) is 0 Å². The highest BCUT2D eigenvalue weighted by atomic mass is 16.6. The fourth-order valence-electron chi connectivity index (χ4n) is 1.92. The highest BCUT2D eigenvalue weighted by Gasteiger charge is 2.19. The molecule has 1 aromatic heterocycles. The summed E-state index contributed by atoms with van der Waals surface area (Å²) in [6, 6.07) is 1.31. The van der Waals surface area contributed by atoms with Crippen molar-refractivity contribution in [2.45, 2.75) is 39.2 Å². The largest absolute Gasteiger partial charge is 0.372 e. The van der Waals surface area contributed by atoms with E-state index >= 15 is 0 Å². The Balaban J connectivity index is 3.00. The number of hydrogen-bond acceptors (Lipinski definition) is 5. The molecule has 1 aromatic rings. The topological polar surface area (TPSA) is 97.2 Å². The number of nitrogens with zero attached hydrogens (tertiary/aromatic N) is 2. The Morgan fingerprint density at radius 2 is 2.20 bits per heavy atom. The smallest absolute Gasteiger partial charge is 0.288 e. The Kier molecular flexibility index (Phi) is 5.89. The van der Waals surface area contributed by atoms with Crippen LogP contribution in [0.1, 0.15) is 43.5 Å². The standard InChI is InChI=1S/C13H20N4O3/c1-4-6-9(5-2)16-13(18)11-7-10(17(19)20)8-15-12(11)14-3/h7-9H,4-6H2,1-3H3,(H,14,15)(H,16,18). The van der Waals surface area contributed by atoms with Gasteiger partial charge in [0.1, 0.15) is 12.0 Å². The van der Waals surface area contributed by atoms with Crippen molar-refractivity contribution >= 4 is 17.4 Å². The number of nitrogens with one attached hydrogen (secondary N) is 2. The average molecular weight is 280 g/mol. The lowest BCUT2D eigenvalue weighted by Crippen LogP contribution is -2.34. The summed E-state index contributed by atoms with van der Waals surface area (Å²) in [6.45, 7) is 4.04. The highest BCUT2D eigenvalue weighted by Crippen LogP contribution is 2.19. The minimum absolute atomic E-state index is 0.0662. The van der Waals surface area contributed by atoms with Gasteiger partial charge in [-0.15, -0.1) is 0 Å². The van der Waals surface area contributed by atoms with E-state index in [2.05, 4.69) is 15.6 Å². The van der Waals surface area contributed by atoms with Crippen LogP contribution in [0.5, 0.6) is 0 Å². The normalized spacial score (nSPS) is 11.8. The molecular formula is C13H20N4O3. The highest BCUT2D eigenvalue weighted by molar-refractivity contribution is 5.99. The number of amides is 1. The van der Waals surface area contributed by atoms with Crippen molar-refractivity contribution in [3.8, 4) is 0 Å². The van der Waals surface area contributed by atoms with Gasteiger partial charge in [0.15, 0.2) is 0 Å². The van der Waals surface area contributed by atoms with Crippen LogP contribution in [0.15, 0.2) is 12.3 Å². The molecule has 0 saturated heterocycles. The van der Waals surface area contributed by atoms with Crippen LogP contribution in [0, 0.1) is 10.1 Å². The van der Waals surface area contributed by atoms with Crippen molar-refractivity contribution < 1.29 is 9.72 Å². The van der Waals surface area contributed by atoms with E-state index in [-0.39, 0.29) is 23.2 Å². The molecule has 1 amide bonds. The lowest BCUT2D eigenvalue weighted by Gasteiger charge is -2.17. The number of pyridine rings is 1. The van der Waals surface area contributed by atoms with Gasteiger partial charge in [0.25, 0.3) is 11.6 Å². The lowest BCUT2D eigenvalue weighted by atomic mass is 10.1. The van der Waals surface area contributed by atoms with E-state index < -0.39 is 4.92 Å². The van der Waals surface area contributed by atoms with Crippen LogP contribution >= 0.6 is 0 Å². The summed E-state index contributed by atoms with van der Waals surface area (Å²) < 4.78 is 0. The van der Waals surface area contributed by atoms with Crippen LogP contribution < -0.4 is 10.6 Å². The van der Waals surface area contributed by atoms with E-state index in [9.17, 15) is 14.9 Å². The molecule has 1 unspecified atom stereocenters. The maximum Gasteiger partial charge on any atom is 0.288 e. The predicted octanol–water partition coefficient (Wildman–Crippen LogP) is 2.34. The SMILES string of the molecule is CCCC(CC)NC(=O)c1cc([N+](=O)[O-])cnc1NC. The quantitative estimate of drug-likeness (QED) is 0.590. The fourth-order valence-corrected chi connectivity index (χ4v) is 1.92. The second-order valence-corrected chi connectivity index (χ2v) is 4.46. The van der Waals surface area contributed by atoms with Crippen molar-refractivity contribution in [3.63, 3.8) is 0 Å². The molecular weight excluding hydrogens is 260 g/mol. The molecule has 0 fully saturated rings. The number of carbonyl (C=O) groups is 1. The van der Waals surface area contributed by atoms with Crippen molar-refractivity contribution in [1.82, 2.24) is 10.3 Å². The summed E-state index contributed by atoms with van der Waals surface area (Å²) in [7, 11) is 1.62. The van der Waals surface area contributed by atoms with Gasteiger partial charge in [0, 0.05) is 19.2 Å². The van der Waals surface area contributed by atoms with Crippen molar-refractivity contribution in [3.05, 3.63) is 27.9 Å². The number of nitro groups is 1. The first-order chi connectivity index (χ1) is 9.53. The molecule has 0 saturated carbocycles. The third-order valence-electron chi connectivity index (χ3n) is 3.03. The van der Waals surface area contributed by atoms with Gasteiger partial charge in [0.05, 0.1) is 10.5 Å². The maximum absolute atomic E-state index is 12.2. The van der Waals surface area contributed by atoms with E-state index in [0.717, 1.165) is 25.5 Å². The molecule has 0 aliphatic carbocycles. The van der Waals surface area contributed by atoms with Crippen LogP contribution in [0.25, 0.3) is 0 Å². The van der Waals surface area contributed by atoms with Crippen LogP contribution in [-0.4, -0.2) is 28.9 Å². The van der Waals surface area contributed by atoms with E-state index in [0.29, 0.717) is 5.82 Å². The predicted molar refractivity (Wildman–Crippen MR) is 76.9 cm³/mol. The van der Waals surface area contributed by atoms with Gasteiger partial charge in [-0.3, -0.25) is 14.9 Å². The first kappa shape index (κ1) is 15.9. The average Bonchev–Trinajstić information content (AvgIpc) is 2.45. The Labute approximate surface area is 117 Å². The summed E-state index contributed by atoms with van der Waals surface area (Å²) in [6.07, 6.45) is 3.78. The fraction of sp³-hybridized carbons (Fsp3) is 0.538. The molecule has 1 rings (SSSR count). The first-order valence-corrected chi connectivity index (χ1v) is 6.66. The van der Waals surface area contributed by atoms with E-state index in [1.54, 1.807) is 7.05 Å². The Morgan fingerprint density at radius 1 is 1.50 bits per heavy atom. The molecule has 110 valence electrons. The van der Waals surface area contributed by atoms with Crippen LogP contribution in [0.2, 0.25) is 0 Å². The van der Waals surface area contributed by atoms with Crippen LogP contribution in [0.4, 0.5) is 11.5 Å². The van der Waals surface area contributed by atoms with Gasteiger partial charge in [-0.05, 0) is 12.8 Å². The van der Waals surface area contributed by atoms with E-state index in [4.69, 9.17) is 0 Å². The third-order valence-corrected chi connectivity index (χ3v) is 3.03. The first-order valence-electron chi connectivity index (χ1n) is 6.66. The summed E-state index contributed by atoms with van der Waals surface area (Å²) >= 11 is 0. The van der Waals surface area contributed by atoms with Crippen LogP contribution in [0.3, 0.4) is 0 Å². The lowest BCUT2D eigenvalue weighted by molar-refractivity contribution is -0.385. The van der Waals surface area contributed by atoms with Crippen molar-refractivity contribution in [1.29, 1.82) is 0 Å². The van der Waals surface area contributed by atoms with Crippen LogP contribution in [-0.2, 0) is 0 Å². The number of anilines is 1. The zero-order valence-corrected chi connectivity index (χ0v) is 12.0. The van der Waals surface area contributed by atoms with Crippen molar-refractivity contribution in [2.24, 2.45) is 0 Å². The second-order valence-electron chi connectivity index (χ2n) is 4.46. The summed E-state index contributed by atoms with van der Waals surface area (Å²) in [4.78, 5) is 26.3. The molecule has 0 radical (unpaired) electrons. The molecule has 1 atom stereocenters. The van der Waals surface area contributed by atoms with Gasteiger partial charge < -0.3 is 10.6 Å². The molecule has 7 nitrogen and oxygen atoms in total. The molecule has 20 heavy (non-hydrogen) atoms. The molecule has 0 aromatic carbocycles. The molecule has 2 N–H and O–H groups in total. The Morgan fingerprint density at radius 3 is 2.70 bits per heavy atom. The summed E-state index contributed by atoms with van der Waals surface area (Å²) in [5, 5.41) is 16.4. The molecule has 1 heterocycles. The second kappa shape index (κ2) is 7.42. The van der Waals surface area contributed by atoms with E-state index in [1.165, 1.54) is 6.07 Å². The molecule has 0 aliphatic heterocycles. The van der Waals surface area contributed by atoms with Crippen molar-refractivity contribution in [2.75, 3.05) is 12.4 Å². The third kappa shape index (κ3) is 3.91. The zero-order valence-electron chi connectivity index (χ0n) is 12.0. The van der Waals surface area contributed by atoms with E-state index in [1.807, 2.05) is 13.8 Å². The van der Waals surface area contributed by atoms with Gasteiger partial charge in [-0.1, -0.05) is 20.3 Å². The minimum Gasteiger partial charge on any atom is -0.372 e. The Hall–Kier alpha value is -2.18. The van der Waals surface area contributed by atoms with Gasteiger partial charge >= 0.3 is 0 Å². The van der Waals surface area contributed by atoms with Gasteiger partial charge in [-0.25, -0.2) is 4.98 Å². The zero-order chi connectivity index (χ0) is 15.1. The number of hydrogen-bond donors (Lipinski definition) is 2. The monoisotopic (exact) mass is 280 g/mol. The minimum atomic E-state index is -0.563. The Bertz CT molecular complexity index is 491. The number of rotatable bonds is 7. The number of carbonyl (C=O) groups excluding carboxylic acids is 1. The number of aromatic nitrogens is 1. The molecule has 0 bridgehead atoms. The maximum atomic E-state index is 12.2. The summed E-state index contributed by atoms with van der Waals surface area (Å²) in [5.74, 6) is -0.00898.